The molecule has 0 bridgehead atoms. The van der Waals surface area contributed by atoms with Gasteiger partial charge in [0.15, 0.2) is 0 Å². The lowest BCUT2D eigenvalue weighted by molar-refractivity contribution is -0.126. The van der Waals surface area contributed by atoms with Crippen LogP contribution in [0.2, 0.25) is 0 Å². The van der Waals surface area contributed by atoms with Crippen LogP contribution in [0.4, 0.5) is 0 Å². The number of hydrogen-bond donors (Lipinski definition) is 1. The highest BCUT2D eigenvalue weighted by atomic mass is 32.2. The lowest BCUT2D eigenvalue weighted by Crippen LogP contribution is -2.47. The summed E-state index contributed by atoms with van der Waals surface area (Å²) < 4.78 is 32.4. The van der Waals surface area contributed by atoms with E-state index in [2.05, 4.69) is 5.32 Å². The minimum atomic E-state index is -3.59. The second kappa shape index (κ2) is 9.06. The molecule has 1 aromatic rings. The maximum absolute atomic E-state index is 12.9. The fourth-order valence-electron chi connectivity index (χ4n) is 4.01. The first-order chi connectivity index (χ1) is 13.0. The lowest BCUT2D eigenvalue weighted by Gasteiger charge is -2.32. The number of hydrogen-bond acceptors (Lipinski definition) is 4. The summed E-state index contributed by atoms with van der Waals surface area (Å²) in [7, 11) is -2.05. The summed E-state index contributed by atoms with van der Waals surface area (Å²) >= 11 is 0. The zero-order chi connectivity index (χ0) is 19.3. The van der Waals surface area contributed by atoms with E-state index >= 15 is 0 Å². The zero-order valence-corrected chi connectivity index (χ0v) is 16.8. The molecular weight excluding hydrogens is 364 g/mol. The van der Waals surface area contributed by atoms with Gasteiger partial charge in [-0.3, -0.25) is 4.79 Å². The Morgan fingerprint density at radius 1 is 1.04 bits per heavy atom. The molecule has 1 aliphatic heterocycles. The highest BCUT2D eigenvalue weighted by Gasteiger charge is 2.34. The van der Waals surface area contributed by atoms with Crippen LogP contribution in [0.15, 0.2) is 29.2 Å². The topological polar surface area (TPSA) is 75.7 Å². The van der Waals surface area contributed by atoms with Gasteiger partial charge in [0.2, 0.25) is 15.9 Å². The Labute approximate surface area is 162 Å². The summed E-state index contributed by atoms with van der Waals surface area (Å²) in [4.78, 5) is 13.0. The summed E-state index contributed by atoms with van der Waals surface area (Å²) in [6.45, 7) is 0.717. The molecule has 6 nitrogen and oxygen atoms in total. The van der Waals surface area contributed by atoms with Crippen LogP contribution in [-0.4, -0.2) is 44.9 Å². The number of amides is 1. The van der Waals surface area contributed by atoms with E-state index in [1.165, 1.54) is 17.1 Å². The lowest BCUT2D eigenvalue weighted by atomic mass is 9.97. The second-order valence-corrected chi connectivity index (χ2v) is 9.51. The van der Waals surface area contributed by atoms with Crippen molar-refractivity contribution in [1.82, 2.24) is 9.62 Å². The van der Waals surface area contributed by atoms with Crippen LogP contribution in [-0.2, 0) is 14.8 Å². The summed E-state index contributed by atoms with van der Waals surface area (Å²) in [5.74, 6) is 0.361. The van der Waals surface area contributed by atoms with Crippen molar-refractivity contribution in [1.29, 1.82) is 0 Å². The summed E-state index contributed by atoms with van der Waals surface area (Å²) in [6.07, 6.45) is 8.32. The van der Waals surface area contributed by atoms with Gasteiger partial charge in [-0.2, -0.15) is 4.31 Å². The monoisotopic (exact) mass is 394 g/mol. The summed E-state index contributed by atoms with van der Waals surface area (Å²) in [6, 6.07) is 6.65. The number of sulfonamides is 1. The van der Waals surface area contributed by atoms with Gasteiger partial charge in [-0.15, -0.1) is 0 Å². The van der Waals surface area contributed by atoms with Gasteiger partial charge in [-0.05, 0) is 49.9 Å². The number of carbonyl (C=O) groups excluding carboxylic acids is 1. The number of rotatable bonds is 5. The van der Waals surface area contributed by atoms with E-state index in [1.807, 2.05) is 0 Å². The van der Waals surface area contributed by atoms with Crippen LogP contribution in [0.3, 0.4) is 0 Å². The van der Waals surface area contributed by atoms with Gasteiger partial charge in [0.05, 0.1) is 17.9 Å². The van der Waals surface area contributed by atoms with Crippen molar-refractivity contribution in [3.63, 3.8) is 0 Å². The fraction of sp³-hybridized carbons (Fsp3) is 0.650. The number of ether oxygens (including phenoxy) is 1. The third kappa shape index (κ3) is 5.02. The van der Waals surface area contributed by atoms with Gasteiger partial charge in [0, 0.05) is 19.1 Å². The molecule has 0 unspecified atom stereocenters. The minimum Gasteiger partial charge on any atom is -0.497 e. The predicted molar refractivity (Wildman–Crippen MR) is 104 cm³/mol. The quantitative estimate of drug-likeness (QED) is 0.779. The molecule has 2 aliphatic rings. The van der Waals surface area contributed by atoms with Crippen molar-refractivity contribution in [3.8, 4) is 5.75 Å². The van der Waals surface area contributed by atoms with Gasteiger partial charge in [-0.1, -0.05) is 25.7 Å². The Morgan fingerprint density at radius 2 is 1.70 bits per heavy atom. The Hall–Kier alpha value is -1.60. The maximum atomic E-state index is 12.9. The molecule has 1 aromatic carbocycles. The number of methoxy groups -OCH3 is 1. The van der Waals surface area contributed by atoms with Crippen molar-refractivity contribution in [2.75, 3.05) is 20.2 Å². The van der Waals surface area contributed by atoms with Crippen LogP contribution in [0, 0.1) is 5.92 Å². The third-order valence-corrected chi connectivity index (χ3v) is 7.53. The predicted octanol–water partition coefficient (Wildman–Crippen LogP) is 2.93. The summed E-state index contributed by atoms with van der Waals surface area (Å²) in [5, 5.41) is 3.18. The third-order valence-electron chi connectivity index (χ3n) is 5.65. The Bertz CT molecular complexity index is 725. The van der Waals surface area contributed by atoms with Crippen molar-refractivity contribution in [2.45, 2.75) is 62.3 Å². The molecule has 7 heteroatoms. The van der Waals surface area contributed by atoms with Gasteiger partial charge in [-0.25, -0.2) is 8.42 Å². The van der Waals surface area contributed by atoms with Crippen molar-refractivity contribution in [2.24, 2.45) is 5.92 Å². The number of piperidine rings is 1. The van der Waals surface area contributed by atoms with E-state index in [0.29, 0.717) is 18.7 Å². The largest absolute Gasteiger partial charge is 0.497 e. The first-order valence-electron chi connectivity index (χ1n) is 9.95. The molecule has 1 aliphatic carbocycles. The van der Waals surface area contributed by atoms with Crippen molar-refractivity contribution in [3.05, 3.63) is 24.3 Å². The Balaban J connectivity index is 1.64. The molecule has 150 valence electrons. The van der Waals surface area contributed by atoms with Crippen LogP contribution >= 0.6 is 0 Å². The highest BCUT2D eigenvalue weighted by molar-refractivity contribution is 7.89. The van der Waals surface area contributed by atoms with E-state index < -0.39 is 10.0 Å². The fourth-order valence-corrected chi connectivity index (χ4v) is 5.54. The first-order valence-corrected chi connectivity index (χ1v) is 11.4. The van der Waals surface area contributed by atoms with E-state index in [9.17, 15) is 13.2 Å². The van der Waals surface area contributed by atoms with Gasteiger partial charge in [0.25, 0.3) is 0 Å². The van der Waals surface area contributed by atoms with Gasteiger partial charge in [0.1, 0.15) is 5.75 Å². The van der Waals surface area contributed by atoms with Crippen LogP contribution in [0.1, 0.15) is 51.4 Å². The molecule has 27 heavy (non-hydrogen) atoms. The molecule has 0 radical (unpaired) electrons. The minimum absolute atomic E-state index is 0.0107. The molecule has 0 aromatic heterocycles. The Kier molecular flexibility index (Phi) is 6.76. The SMILES string of the molecule is COc1ccc(S(=O)(=O)N2CCC[C@H](C(=O)NC3CCCCCC3)C2)cc1. The normalized spacial score (nSPS) is 22.8. The van der Waals surface area contributed by atoms with Gasteiger partial charge >= 0.3 is 0 Å². The van der Waals surface area contributed by atoms with Gasteiger partial charge < -0.3 is 10.1 Å². The standard InChI is InChI=1S/C20H30N2O4S/c1-26-18-10-12-19(13-11-18)27(24,25)22-14-6-7-16(15-22)20(23)21-17-8-4-2-3-5-9-17/h10-13,16-17H,2-9,14-15H2,1H3,(H,21,23)/t16-/m0/s1. The van der Waals surface area contributed by atoms with E-state index in [1.54, 1.807) is 31.4 Å². The molecule has 1 saturated carbocycles. The molecule has 1 atom stereocenters. The average Bonchev–Trinajstić information content (AvgIpc) is 2.96. The van der Waals surface area contributed by atoms with E-state index in [4.69, 9.17) is 4.74 Å². The Morgan fingerprint density at radius 3 is 2.33 bits per heavy atom. The van der Waals surface area contributed by atoms with E-state index in [-0.39, 0.29) is 29.3 Å². The van der Waals surface area contributed by atoms with Crippen molar-refractivity contribution >= 4 is 15.9 Å². The molecule has 1 N–H and O–H groups in total. The smallest absolute Gasteiger partial charge is 0.243 e. The molecule has 1 heterocycles. The van der Waals surface area contributed by atoms with Crippen LogP contribution in [0.5, 0.6) is 5.75 Å². The zero-order valence-electron chi connectivity index (χ0n) is 16.0. The number of nitrogens with one attached hydrogen (secondary N) is 1. The molecule has 0 spiro atoms. The number of carbonyl (C=O) groups is 1. The average molecular weight is 395 g/mol. The van der Waals surface area contributed by atoms with Crippen molar-refractivity contribution < 1.29 is 17.9 Å². The van der Waals surface area contributed by atoms with E-state index in [0.717, 1.165) is 32.1 Å². The molecule has 2 fully saturated rings. The molecule has 1 saturated heterocycles. The second-order valence-electron chi connectivity index (χ2n) is 7.57. The molecule has 3 rings (SSSR count). The summed E-state index contributed by atoms with van der Waals surface area (Å²) in [5.41, 5.74) is 0. The molecule has 1 amide bonds. The van der Waals surface area contributed by atoms with Crippen LogP contribution in [0.25, 0.3) is 0 Å². The maximum Gasteiger partial charge on any atom is 0.243 e. The number of nitrogens with zero attached hydrogens (tertiary/aromatic N) is 1. The molecular formula is C20H30N2O4S. The van der Waals surface area contributed by atoms with Crippen LogP contribution < -0.4 is 10.1 Å². The number of benzene rings is 1. The highest BCUT2D eigenvalue weighted by Crippen LogP contribution is 2.26. The first kappa shape index (κ1) is 20.1.